The predicted molar refractivity (Wildman–Crippen MR) is 55.8 cm³/mol. The summed E-state index contributed by atoms with van der Waals surface area (Å²) < 4.78 is 1.27. The van der Waals surface area contributed by atoms with Gasteiger partial charge < -0.3 is 4.98 Å². The van der Waals surface area contributed by atoms with E-state index in [0.29, 0.717) is 0 Å². The molecule has 0 aliphatic carbocycles. The fourth-order valence-electron chi connectivity index (χ4n) is 1.24. The van der Waals surface area contributed by atoms with Crippen LogP contribution in [0, 0.1) is 10.5 Å². The van der Waals surface area contributed by atoms with Crippen molar-refractivity contribution in [1.29, 1.82) is 0 Å². The SMILES string of the molecule is Cc1c[nH]c2cc(I)ccc12. The van der Waals surface area contributed by atoms with E-state index in [1.165, 1.54) is 20.0 Å². The minimum atomic E-state index is 1.23. The fourth-order valence-corrected chi connectivity index (χ4v) is 1.73. The van der Waals surface area contributed by atoms with Gasteiger partial charge in [0.25, 0.3) is 0 Å². The molecule has 0 unspecified atom stereocenters. The van der Waals surface area contributed by atoms with E-state index in [0.717, 1.165) is 0 Å². The summed E-state index contributed by atoms with van der Waals surface area (Å²) >= 11 is 2.32. The van der Waals surface area contributed by atoms with Crippen LogP contribution in [0.1, 0.15) is 5.56 Å². The lowest BCUT2D eigenvalue weighted by atomic mass is 10.2. The molecule has 0 spiro atoms. The minimum absolute atomic E-state index is 1.23. The van der Waals surface area contributed by atoms with Crippen molar-refractivity contribution < 1.29 is 0 Å². The molecule has 0 amide bonds. The van der Waals surface area contributed by atoms with E-state index < -0.39 is 0 Å². The van der Waals surface area contributed by atoms with Crippen molar-refractivity contribution in [2.45, 2.75) is 6.92 Å². The number of aromatic nitrogens is 1. The van der Waals surface area contributed by atoms with E-state index >= 15 is 0 Å². The highest BCUT2D eigenvalue weighted by Gasteiger charge is 1.97. The second kappa shape index (κ2) is 2.52. The Labute approximate surface area is 78.9 Å². The largest absolute Gasteiger partial charge is 0.361 e. The van der Waals surface area contributed by atoms with Gasteiger partial charge in [-0.2, -0.15) is 0 Å². The lowest BCUT2D eigenvalue weighted by molar-refractivity contribution is 1.42. The van der Waals surface area contributed by atoms with Crippen molar-refractivity contribution >= 4 is 33.5 Å². The van der Waals surface area contributed by atoms with Gasteiger partial charge in [-0.3, -0.25) is 0 Å². The maximum atomic E-state index is 3.22. The summed E-state index contributed by atoms with van der Waals surface area (Å²) in [5.41, 5.74) is 2.55. The molecule has 11 heavy (non-hydrogen) atoms. The molecule has 1 N–H and O–H groups in total. The van der Waals surface area contributed by atoms with Crippen LogP contribution >= 0.6 is 22.6 Å². The molecule has 2 rings (SSSR count). The summed E-state index contributed by atoms with van der Waals surface area (Å²) in [7, 11) is 0. The lowest BCUT2D eigenvalue weighted by Gasteiger charge is -1.91. The van der Waals surface area contributed by atoms with Gasteiger partial charge in [0, 0.05) is 20.7 Å². The van der Waals surface area contributed by atoms with E-state index in [-0.39, 0.29) is 0 Å². The Hall–Kier alpha value is -0.510. The minimum Gasteiger partial charge on any atom is -0.361 e. The maximum Gasteiger partial charge on any atom is 0.0467 e. The monoisotopic (exact) mass is 257 g/mol. The van der Waals surface area contributed by atoms with Crippen LogP contribution in [0.2, 0.25) is 0 Å². The van der Waals surface area contributed by atoms with Crippen LogP contribution in [-0.2, 0) is 0 Å². The van der Waals surface area contributed by atoms with Gasteiger partial charge >= 0.3 is 0 Å². The zero-order valence-electron chi connectivity index (χ0n) is 6.19. The Morgan fingerprint density at radius 2 is 2.18 bits per heavy atom. The highest BCUT2D eigenvalue weighted by atomic mass is 127. The molecule has 1 nitrogen and oxygen atoms in total. The van der Waals surface area contributed by atoms with Gasteiger partial charge in [0.1, 0.15) is 0 Å². The summed E-state index contributed by atoms with van der Waals surface area (Å²) in [5, 5.41) is 1.32. The first-order chi connectivity index (χ1) is 5.27. The number of halogens is 1. The van der Waals surface area contributed by atoms with E-state index in [4.69, 9.17) is 0 Å². The number of nitrogens with one attached hydrogen (secondary N) is 1. The van der Waals surface area contributed by atoms with Crippen LogP contribution in [0.5, 0.6) is 0 Å². The molecule has 2 heteroatoms. The number of benzene rings is 1. The second-order valence-corrected chi connectivity index (χ2v) is 3.91. The molecule has 56 valence electrons. The number of hydrogen-bond acceptors (Lipinski definition) is 0. The highest BCUT2D eigenvalue weighted by Crippen LogP contribution is 2.19. The van der Waals surface area contributed by atoms with Gasteiger partial charge in [-0.1, -0.05) is 6.07 Å². The lowest BCUT2D eigenvalue weighted by Crippen LogP contribution is -1.71. The quantitative estimate of drug-likeness (QED) is 0.698. The van der Waals surface area contributed by atoms with Crippen LogP contribution in [0.25, 0.3) is 10.9 Å². The summed E-state index contributed by atoms with van der Waals surface area (Å²) in [6.07, 6.45) is 2.04. The van der Waals surface area contributed by atoms with E-state index in [2.05, 4.69) is 52.7 Å². The first kappa shape index (κ1) is 7.16. The molecule has 0 atom stereocenters. The number of hydrogen-bond donors (Lipinski definition) is 1. The van der Waals surface area contributed by atoms with Gasteiger partial charge in [-0.15, -0.1) is 0 Å². The normalized spacial score (nSPS) is 10.7. The smallest absolute Gasteiger partial charge is 0.0467 e. The third-order valence-electron chi connectivity index (χ3n) is 1.85. The number of rotatable bonds is 0. The number of aromatic amines is 1. The van der Waals surface area contributed by atoms with Gasteiger partial charge in [0.15, 0.2) is 0 Å². The molecule has 1 heterocycles. The molecule has 0 radical (unpaired) electrons. The molecule has 0 bridgehead atoms. The van der Waals surface area contributed by atoms with Crippen molar-refractivity contribution in [3.8, 4) is 0 Å². The van der Waals surface area contributed by atoms with Crippen LogP contribution < -0.4 is 0 Å². The Morgan fingerprint density at radius 1 is 1.36 bits per heavy atom. The second-order valence-electron chi connectivity index (χ2n) is 2.66. The average molecular weight is 257 g/mol. The number of H-pyrrole nitrogens is 1. The van der Waals surface area contributed by atoms with E-state index in [1.807, 2.05) is 6.20 Å². The summed E-state index contributed by atoms with van der Waals surface area (Å²) in [4.78, 5) is 3.22. The standard InChI is InChI=1S/C9H8IN/c1-6-5-11-9-4-7(10)2-3-8(6)9/h2-5,11H,1H3. The van der Waals surface area contributed by atoms with Gasteiger partial charge in [0.05, 0.1) is 0 Å². The molecule has 0 aliphatic heterocycles. The molecule has 0 saturated heterocycles. The molecular weight excluding hydrogens is 249 g/mol. The van der Waals surface area contributed by atoms with Crippen LogP contribution in [0.15, 0.2) is 24.4 Å². The number of fused-ring (bicyclic) bond motifs is 1. The van der Waals surface area contributed by atoms with Gasteiger partial charge in [-0.05, 0) is 47.2 Å². The molecule has 0 fully saturated rings. The van der Waals surface area contributed by atoms with Crippen LogP contribution in [0.3, 0.4) is 0 Å². The highest BCUT2D eigenvalue weighted by molar-refractivity contribution is 14.1. The van der Waals surface area contributed by atoms with Gasteiger partial charge in [-0.25, -0.2) is 0 Å². The zero-order chi connectivity index (χ0) is 7.84. The van der Waals surface area contributed by atoms with Crippen molar-refractivity contribution in [2.75, 3.05) is 0 Å². The van der Waals surface area contributed by atoms with Crippen molar-refractivity contribution in [3.05, 3.63) is 33.5 Å². The van der Waals surface area contributed by atoms with Crippen molar-refractivity contribution in [2.24, 2.45) is 0 Å². The van der Waals surface area contributed by atoms with Crippen molar-refractivity contribution in [1.82, 2.24) is 4.98 Å². The molecule has 1 aromatic heterocycles. The molecule has 0 aliphatic rings. The van der Waals surface area contributed by atoms with Crippen molar-refractivity contribution in [3.63, 3.8) is 0 Å². The topological polar surface area (TPSA) is 15.8 Å². The third-order valence-corrected chi connectivity index (χ3v) is 2.52. The first-order valence-corrected chi connectivity index (χ1v) is 4.58. The Bertz CT molecular complexity index is 389. The Balaban J connectivity index is 2.86. The Morgan fingerprint density at radius 3 is 3.00 bits per heavy atom. The summed E-state index contributed by atoms with van der Waals surface area (Å²) in [6, 6.07) is 6.44. The Kier molecular flexibility index (Phi) is 1.64. The summed E-state index contributed by atoms with van der Waals surface area (Å²) in [5.74, 6) is 0. The number of aryl methyl sites for hydroxylation is 1. The maximum absolute atomic E-state index is 3.22. The summed E-state index contributed by atoms with van der Waals surface area (Å²) in [6.45, 7) is 2.12. The van der Waals surface area contributed by atoms with Crippen LogP contribution in [0.4, 0.5) is 0 Å². The predicted octanol–water partition coefficient (Wildman–Crippen LogP) is 3.08. The molecular formula is C9H8IN. The molecule has 1 aromatic carbocycles. The van der Waals surface area contributed by atoms with E-state index in [1.54, 1.807) is 0 Å². The zero-order valence-corrected chi connectivity index (χ0v) is 8.34. The van der Waals surface area contributed by atoms with Gasteiger partial charge in [0.2, 0.25) is 0 Å². The molecule has 0 saturated carbocycles. The first-order valence-electron chi connectivity index (χ1n) is 3.50. The van der Waals surface area contributed by atoms with E-state index in [9.17, 15) is 0 Å². The fraction of sp³-hybridized carbons (Fsp3) is 0.111. The van der Waals surface area contributed by atoms with Crippen LogP contribution in [-0.4, -0.2) is 4.98 Å². The molecule has 2 aromatic rings. The third kappa shape index (κ3) is 1.15. The average Bonchev–Trinajstić information content (AvgIpc) is 2.32.